The zero-order valence-electron chi connectivity index (χ0n) is 8.22. The predicted octanol–water partition coefficient (Wildman–Crippen LogP) is 2.70. The Bertz CT molecular complexity index is 294. The monoisotopic (exact) mass is 175 g/mol. The van der Waals surface area contributed by atoms with Gasteiger partial charge in [0.15, 0.2) is 0 Å². The van der Waals surface area contributed by atoms with Crippen LogP contribution in [0.5, 0.6) is 0 Å². The molecule has 0 aromatic rings. The molecule has 2 N–H and O–H groups in total. The lowest BCUT2D eigenvalue weighted by Crippen LogP contribution is -2.28. The second-order valence-corrected chi connectivity index (χ2v) is 3.86. The quantitative estimate of drug-likeness (QED) is 0.602. The van der Waals surface area contributed by atoms with Gasteiger partial charge in [0.25, 0.3) is 0 Å². The Balaban J connectivity index is 2.42. The lowest BCUT2D eigenvalue weighted by Gasteiger charge is -2.28. The predicted molar refractivity (Wildman–Crippen MR) is 56.4 cm³/mol. The molecule has 0 spiro atoms. The average molecular weight is 175 g/mol. The third-order valence-corrected chi connectivity index (χ3v) is 3.03. The van der Waals surface area contributed by atoms with E-state index in [-0.39, 0.29) is 0 Å². The van der Waals surface area contributed by atoms with E-state index in [9.17, 15) is 0 Å². The van der Waals surface area contributed by atoms with E-state index < -0.39 is 0 Å². The van der Waals surface area contributed by atoms with Crippen molar-refractivity contribution in [2.75, 3.05) is 0 Å². The van der Waals surface area contributed by atoms with Crippen LogP contribution in [0.3, 0.4) is 0 Å². The maximum absolute atomic E-state index is 6.12. The number of allylic oxidation sites excluding steroid dienone is 4. The van der Waals surface area contributed by atoms with Crippen molar-refractivity contribution in [2.45, 2.75) is 38.6 Å². The fourth-order valence-corrected chi connectivity index (χ4v) is 2.36. The van der Waals surface area contributed by atoms with Gasteiger partial charge >= 0.3 is 0 Å². The molecular weight excluding hydrogens is 158 g/mol. The molecule has 2 aliphatic rings. The molecule has 70 valence electrons. The summed E-state index contributed by atoms with van der Waals surface area (Å²) in [5.41, 5.74) is 10.5. The van der Waals surface area contributed by atoms with Gasteiger partial charge in [-0.1, -0.05) is 18.2 Å². The van der Waals surface area contributed by atoms with Crippen molar-refractivity contribution in [3.8, 4) is 0 Å². The molecule has 1 nitrogen and oxygen atoms in total. The van der Waals surface area contributed by atoms with Crippen LogP contribution in [0.15, 0.2) is 34.9 Å². The first-order valence-electron chi connectivity index (χ1n) is 5.13. The minimum atomic E-state index is 0.292. The lowest BCUT2D eigenvalue weighted by atomic mass is 9.80. The zero-order valence-corrected chi connectivity index (χ0v) is 8.22. The molecular formula is C12H17N. The van der Waals surface area contributed by atoms with Crippen molar-refractivity contribution in [3.63, 3.8) is 0 Å². The molecule has 0 aromatic heterocycles. The minimum absolute atomic E-state index is 0.292. The first kappa shape index (κ1) is 8.76. The maximum atomic E-state index is 6.12. The van der Waals surface area contributed by atoms with Crippen LogP contribution in [0, 0.1) is 0 Å². The molecule has 2 rings (SSSR count). The number of nitrogens with two attached hydrogens (primary N) is 1. The number of rotatable bonds is 0. The van der Waals surface area contributed by atoms with Crippen LogP contribution in [0.1, 0.15) is 32.6 Å². The van der Waals surface area contributed by atoms with Gasteiger partial charge in [0.05, 0.1) is 0 Å². The molecule has 0 saturated carbocycles. The Morgan fingerprint density at radius 3 is 3.15 bits per heavy atom. The Morgan fingerprint density at radius 2 is 2.38 bits per heavy atom. The third-order valence-electron chi connectivity index (χ3n) is 3.03. The maximum Gasteiger partial charge on any atom is 0.0300 e. The van der Waals surface area contributed by atoms with Gasteiger partial charge in [-0.25, -0.2) is 0 Å². The van der Waals surface area contributed by atoms with Gasteiger partial charge in [-0.05, 0) is 49.3 Å². The molecule has 1 unspecified atom stereocenters. The fourth-order valence-electron chi connectivity index (χ4n) is 2.36. The van der Waals surface area contributed by atoms with Crippen molar-refractivity contribution in [1.29, 1.82) is 0 Å². The first-order valence-corrected chi connectivity index (χ1v) is 5.13. The van der Waals surface area contributed by atoms with E-state index >= 15 is 0 Å². The highest BCUT2D eigenvalue weighted by molar-refractivity contribution is 5.48. The van der Waals surface area contributed by atoms with Crippen LogP contribution in [-0.2, 0) is 0 Å². The molecule has 0 fully saturated rings. The van der Waals surface area contributed by atoms with Crippen molar-refractivity contribution < 1.29 is 0 Å². The largest absolute Gasteiger partial charge is 0.324 e. The summed E-state index contributed by atoms with van der Waals surface area (Å²) in [6.45, 7) is 2.11. The van der Waals surface area contributed by atoms with Crippen molar-refractivity contribution in [1.82, 2.24) is 0 Å². The van der Waals surface area contributed by atoms with Gasteiger partial charge in [-0.2, -0.15) is 0 Å². The van der Waals surface area contributed by atoms with E-state index in [1.165, 1.54) is 29.6 Å². The van der Waals surface area contributed by atoms with Crippen molar-refractivity contribution in [2.24, 2.45) is 5.73 Å². The van der Waals surface area contributed by atoms with Gasteiger partial charge in [0.1, 0.15) is 0 Å². The summed E-state index contributed by atoms with van der Waals surface area (Å²) in [5.74, 6) is 0. The highest BCUT2D eigenvalue weighted by atomic mass is 14.6. The SMILES string of the molecule is CC=C1CC=CC2=C1C(N)CCC2. The number of hydrogen-bond acceptors (Lipinski definition) is 1. The third kappa shape index (κ3) is 1.49. The normalized spacial score (nSPS) is 30.9. The number of hydrogen-bond donors (Lipinski definition) is 1. The first-order chi connectivity index (χ1) is 6.33. The summed E-state index contributed by atoms with van der Waals surface area (Å²) in [6.07, 6.45) is 11.4. The van der Waals surface area contributed by atoms with E-state index in [0.29, 0.717) is 6.04 Å². The minimum Gasteiger partial charge on any atom is -0.324 e. The molecule has 0 radical (unpaired) electrons. The molecule has 0 heterocycles. The highest BCUT2D eigenvalue weighted by Crippen LogP contribution is 2.34. The van der Waals surface area contributed by atoms with E-state index in [1.54, 1.807) is 0 Å². The van der Waals surface area contributed by atoms with Crippen LogP contribution >= 0.6 is 0 Å². The topological polar surface area (TPSA) is 26.0 Å². The standard InChI is InChI=1S/C12H17N/c1-2-9-5-3-6-10-7-4-8-11(13)12(9)10/h2-3,6,11H,4-5,7-8,13H2,1H3. The van der Waals surface area contributed by atoms with E-state index in [2.05, 4.69) is 25.2 Å². The fraction of sp³-hybridized carbons (Fsp3) is 0.500. The Labute approximate surface area is 80.0 Å². The molecule has 13 heavy (non-hydrogen) atoms. The Kier molecular flexibility index (Phi) is 2.36. The Morgan fingerprint density at radius 1 is 1.54 bits per heavy atom. The van der Waals surface area contributed by atoms with Crippen molar-refractivity contribution in [3.05, 3.63) is 34.9 Å². The average Bonchev–Trinajstić information content (AvgIpc) is 2.17. The van der Waals surface area contributed by atoms with Crippen LogP contribution < -0.4 is 5.73 Å². The summed E-state index contributed by atoms with van der Waals surface area (Å²) in [5, 5.41) is 0. The molecule has 2 aliphatic carbocycles. The smallest absolute Gasteiger partial charge is 0.0300 e. The summed E-state index contributed by atoms with van der Waals surface area (Å²) >= 11 is 0. The van der Waals surface area contributed by atoms with Gasteiger partial charge in [-0.15, -0.1) is 0 Å². The van der Waals surface area contributed by atoms with Gasteiger partial charge < -0.3 is 5.73 Å². The van der Waals surface area contributed by atoms with E-state index in [4.69, 9.17) is 5.73 Å². The summed E-state index contributed by atoms with van der Waals surface area (Å²) < 4.78 is 0. The van der Waals surface area contributed by atoms with Crippen LogP contribution in [0.25, 0.3) is 0 Å². The van der Waals surface area contributed by atoms with Gasteiger partial charge in [0.2, 0.25) is 0 Å². The highest BCUT2D eigenvalue weighted by Gasteiger charge is 2.22. The zero-order chi connectivity index (χ0) is 9.26. The molecule has 1 heteroatoms. The summed E-state index contributed by atoms with van der Waals surface area (Å²) in [4.78, 5) is 0. The van der Waals surface area contributed by atoms with Gasteiger partial charge in [0, 0.05) is 6.04 Å². The van der Waals surface area contributed by atoms with E-state index in [1.807, 2.05) is 0 Å². The van der Waals surface area contributed by atoms with Gasteiger partial charge in [-0.3, -0.25) is 0 Å². The second-order valence-electron chi connectivity index (χ2n) is 3.86. The second kappa shape index (κ2) is 3.51. The molecule has 0 bridgehead atoms. The van der Waals surface area contributed by atoms with Crippen LogP contribution in [0.2, 0.25) is 0 Å². The van der Waals surface area contributed by atoms with Crippen LogP contribution in [-0.4, -0.2) is 6.04 Å². The van der Waals surface area contributed by atoms with Crippen molar-refractivity contribution >= 4 is 0 Å². The Hall–Kier alpha value is -0.820. The van der Waals surface area contributed by atoms with E-state index in [0.717, 1.165) is 12.8 Å². The molecule has 0 saturated heterocycles. The molecule has 0 aliphatic heterocycles. The summed E-state index contributed by atoms with van der Waals surface area (Å²) in [6, 6.07) is 0.292. The molecule has 1 atom stereocenters. The summed E-state index contributed by atoms with van der Waals surface area (Å²) in [7, 11) is 0. The van der Waals surface area contributed by atoms with Crippen LogP contribution in [0.4, 0.5) is 0 Å². The molecule has 0 amide bonds. The lowest BCUT2D eigenvalue weighted by molar-refractivity contribution is 0.601. The molecule has 0 aromatic carbocycles.